The molecule has 0 bridgehead atoms. The maximum absolute atomic E-state index is 9.48. The van der Waals surface area contributed by atoms with Gasteiger partial charge in [-0.2, -0.15) is 10.4 Å². The van der Waals surface area contributed by atoms with Crippen LogP contribution in [0.5, 0.6) is 5.75 Å². The van der Waals surface area contributed by atoms with E-state index in [0.717, 1.165) is 21.4 Å². The molecule has 0 aliphatic rings. The van der Waals surface area contributed by atoms with Crippen LogP contribution >= 0.6 is 22.6 Å². The zero-order chi connectivity index (χ0) is 18.4. The number of hydrogen-bond acceptors (Lipinski definition) is 5. The maximum Gasteiger partial charge on any atom is 0.193 e. The lowest BCUT2D eigenvalue weighted by Gasteiger charge is -2.04. The number of nitrogens with zero attached hydrogens (tertiary/aromatic N) is 3. The quantitative estimate of drug-likeness (QED) is 0.319. The average Bonchev–Trinajstić information content (AvgIpc) is 3.08. The molecule has 2 N–H and O–H groups in total. The second-order valence-corrected chi connectivity index (χ2v) is 6.16. The number of rotatable bonds is 6. The van der Waals surface area contributed by atoms with Gasteiger partial charge in [-0.05, 0) is 35.4 Å². The molecule has 26 heavy (non-hydrogen) atoms. The average molecular weight is 457 g/mol. The van der Waals surface area contributed by atoms with Gasteiger partial charge in [0.1, 0.15) is 23.2 Å². The fraction of sp³-hybridized carbons (Fsp3) is 0.105. The van der Waals surface area contributed by atoms with Crippen LogP contribution in [0.15, 0.2) is 53.5 Å². The van der Waals surface area contributed by atoms with Gasteiger partial charge in [0.15, 0.2) is 5.82 Å². The van der Waals surface area contributed by atoms with E-state index >= 15 is 0 Å². The number of halogens is 1. The number of H-pyrrole nitrogens is 1. The van der Waals surface area contributed by atoms with Crippen molar-refractivity contribution in [1.29, 1.82) is 5.26 Å². The molecule has 0 amide bonds. The van der Waals surface area contributed by atoms with Crippen molar-refractivity contribution in [3.05, 3.63) is 65.2 Å². The molecule has 0 aliphatic carbocycles. The molecule has 0 spiro atoms. The molecule has 0 saturated heterocycles. The largest absolute Gasteiger partial charge is 0.497 e. The minimum atomic E-state index is 0.335. The van der Waals surface area contributed by atoms with Crippen molar-refractivity contribution in [2.75, 3.05) is 12.4 Å². The molecule has 0 atom stereocenters. The van der Waals surface area contributed by atoms with Crippen LogP contribution in [0.4, 0.5) is 17.3 Å². The smallest absolute Gasteiger partial charge is 0.193 e. The third kappa shape index (κ3) is 4.21. The number of aromatic amines is 1. The van der Waals surface area contributed by atoms with Crippen LogP contribution in [0.1, 0.15) is 16.7 Å². The van der Waals surface area contributed by atoms with Crippen molar-refractivity contribution in [3.8, 4) is 11.8 Å². The zero-order valence-corrected chi connectivity index (χ0v) is 16.2. The van der Waals surface area contributed by atoms with Gasteiger partial charge in [-0.1, -0.05) is 46.9 Å². The van der Waals surface area contributed by atoms with Crippen LogP contribution in [-0.4, -0.2) is 23.5 Å². The van der Waals surface area contributed by atoms with Crippen molar-refractivity contribution in [3.63, 3.8) is 0 Å². The van der Waals surface area contributed by atoms with Gasteiger partial charge in [-0.15, -0.1) is 0 Å². The number of hydrogen-bond donors (Lipinski definition) is 2. The molecular weight excluding hydrogens is 441 g/mol. The van der Waals surface area contributed by atoms with E-state index in [-0.39, 0.29) is 0 Å². The fourth-order valence-electron chi connectivity index (χ4n) is 2.30. The third-order valence-electron chi connectivity index (χ3n) is 3.67. The molecule has 1 aromatic heterocycles. The van der Waals surface area contributed by atoms with E-state index in [1.807, 2.05) is 48.5 Å². The van der Waals surface area contributed by atoms with Gasteiger partial charge >= 0.3 is 0 Å². The summed E-state index contributed by atoms with van der Waals surface area (Å²) in [4.78, 5) is 4.33. The fourth-order valence-corrected chi connectivity index (χ4v) is 2.81. The monoisotopic (exact) mass is 457 g/mol. The Balaban J connectivity index is 1.81. The number of alkyl halides is 1. The third-order valence-corrected chi connectivity index (χ3v) is 4.55. The van der Waals surface area contributed by atoms with Gasteiger partial charge in [0, 0.05) is 16.3 Å². The van der Waals surface area contributed by atoms with Crippen molar-refractivity contribution in [2.45, 2.75) is 4.43 Å². The summed E-state index contributed by atoms with van der Waals surface area (Å²) in [5, 5.41) is 19.6. The van der Waals surface area contributed by atoms with Crippen LogP contribution < -0.4 is 10.1 Å². The first-order chi connectivity index (χ1) is 12.7. The van der Waals surface area contributed by atoms with Crippen molar-refractivity contribution >= 4 is 46.1 Å². The number of anilines is 2. The molecule has 3 rings (SSSR count). The Morgan fingerprint density at radius 2 is 2.12 bits per heavy atom. The molecule has 0 radical (unpaired) electrons. The topological polar surface area (TPSA) is 86.1 Å². The van der Waals surface area contributed by atoms with E-state index < -0.39 is 0 Å². The first kappa shape index (κ1) is 17.9. The van der Waals surface area contributed by atoms with E-state index in [1.54, 1.807) is 13.3 Å². The molecule has 130 valence electrons. The Hall–Kier alpha value is -2.86. The normalized spacial score (nSPS) is 10.7. The van der Waals surface area contributed by atoms with Crippen LogP contribution in [-0.2, 0) is 4.43 Å². The first-order valence-corrected chi connectivity index (χ1v) is 9.34. The predicted molar refractivity (Wildman–Crippen MR) is 111 cm³/mol. The molecule has 0 saturated carbocycles. The lowest BCUT2D eigenvalue weighted by Crippen LogP contribution is -1.93. The lowest BCUT2D eigenvalue weighted by molar-refractivity contribution is 0.415. The molecule has 6 nitrogen and oxygen atoms in total. The summed E-state index contributed by atoms with van der Waals surface area (Å²) in [5.74, 6) is 1.60. The molecule has 1 heterocycles. The summed E-state index contributed by atoms with van der Waals surface area (Å²) in [6.45, 7) is 0. The highest BCUT2D eigenvalue weighted by Crippen LogP contribution is 2.26. The summed E-state index contributed by atoms with van der Waals surface area (Å²) in [7, 11) is 1.61. The van der Waals surface area contributed by atoms with Crippen LogP contribution in [0.3, 0.4) is 0 Å². The molecule has 3 aromatic rings. The van der Waals surface area contributed by atoms with Crippen molar-refractivity contribution < 1.29 is 4.74 Å². The van der Waals surface area contributed by atoms with Gasteiger partial charge < -0.3 is 10.1 Å². The van der Waals surface area contributed by atoms with E-state index in [9.17, 15) is 5.26 Å². The highest BCUT2D eigenvalue weighted by molar-refractivity contribution is 14.1. The Kier molecular flexibility index (Phi) is 5.86. The highest BCUT2D eigenvalue weighted by Gasteiger charge is 2.12. The SMILES string of the molecule is COc1cccc(C=Nc2n[nH]c(Nc3ccc(CI)cc3)c2C#N)c1. The van der Waals surface area contributed by atoms with E-state index in [1.165, 1.54) is 5.56 Å². The molecule has 0 aliphatic heterocycles. The summed E-state index contributed by atoms with van der Waals surface area (Å²) in [6, 6.07) is 17.7. The van der Waals surface area contributed by atoms with E-state index in [4.69, 9.17) is 4.74 Å². The minimum Gasteiger partial charge on any atom is -0.497 e. The second kappa shape index (κ2) is 8.49. The van der Waals surface area contributed by atoms with Crippen LogP contribution in [0.25, 0.3) is 0 Å². The van der Waals surface area contributed by atoms with Crippen molar-refractivity contribution in [2.24, 2.45) is 4.99 Å². The summed E-state index contributed by atoms with van der Waals surface area (Å²) in [6.07, 6.45) is 1.65. The molecule has 0 unspecified atom stereocenters. The number of aliphatic imine (C=N–C) groups is 1. The molecule has 0 fully saturated rings. The van der Waals surface area contributed by atoms with E-state index in [2.05, 4.69) is 49.2 Å². The second-order valence-electron chi connectivity index (χ2n) is 5.40. The number of ether oxygens (including phenoxy) is 1. The highest BCUT2D eigenvalue weighted by atomic mass is 127. The van der Waals surface area contributed by atoms with Crippen LogP contribution in [0.2, 0.25) is 0 Å². The number of aromatic nitrogens is 2. The lowest BCUT2D eigenvalue weighted by atomic mass is 10.2. The van der Waals surface area contributed by atoms with Gasteiger partial charge in [-0.25, -0.2) is 4.99 Å². The van der Waals surface area contributed by atoms with Gasteiger partial charge in [0.05, 0.1) is 7.11 Å². The molecule has 7 heteroatoms. The zero-order valence-electron chi connectivity index (χ0n) is 14.0. The first-order valence-electron chi connectivity index (χ1n) is 7.82. The van der Waals surface area contributed by atoms with Gasteiger partial charge in [-0.3, -0.25) is 5.10 Å². The predicted octanol–water partition coefficient (Wildman–Crippen LogP) is 4.72. The molecule has 2 aromatic carbocycles. The summed E-state index contributed by atoms with van der Waals surface area (Å²) >= 11 is 2.32. The van der Waals surface area contributed by atoms with Gasteiger partial charge in [0.2, 0.25) is 0 Å². The Morgan fingerprint density at radius 1 is 1.31 bits per heavy atom. The number of methoxy groups -OCH3 is 1. The Bertz CT molecular complexity index is 957. The Labute approximate surface area is 165 Å². The summed E-state index contributed by atoms with van der Waals surface area (Å²) in [5.41, 5.74) is 3.34. The Morgan fingerprint density at radius 3 is 2.81 bits per heavy atom. The number of nitrogens with one attached hydrogen (secondary N) is 2. The standard InChI is InChI=1S/C19H16IN5O/c1-26-16-4-2-3-14(9-16)12-22-18-17(11-21)19(25-24-18)23-15-7-5-13(10-20)6-8-15/h2-9,12H,10H2,1H3,(H2,23,24,25). The van der Waals surface area contributed by atoms with Gasteiger partial charge in [0.25, 0.3) is 0 Å². The van der Waals surface area contributed by atoms with E-state index in [0.29, 0.717) is 17.2 Å². The summed E-state index contributed by atoms with van der Waals surface area (Å²) < 4.78 is 6.15. The van der Waals surface area contributed by atoms with Crippen molar-refractivity contribution in [1.82, 2.24) is 10.2 Å². The number of nitriles is 1. The van der Waals surface area contributed by atoms with Crippen LogP contribution in [0, 0.1) is 11.3 Å². The minimum absolute atomic E-state index is 0.335. The number of benzene rings is 2. The maximum atomic E-state index is 9.48. The molecular formula is C19H16IN5O.